The zero-order valence-corrected chi connectivity index (χ0v) is 18.8. The fourth-order valence-corrected chi connectivity index (χ4v) is 4.80. The van der Waals surface area contributed by atoms with E-state index < -0.39 is 27.8 Å². The first kappa shape index (κ1) is 23.7. The normalized spacial score (nSPS) is 16.6. The summed E-state index contributed by atoms with van der Waals surface area (Å²) in [6, 6.07) is 16.2. The fourth-order valence-electron chi connectivity index (χ4n) is 3.49. The third kappa shape index (κ3) is 5.23. The van der Waals surface area contributed by atoms with Gasteiger partial charge in [0, 0.05) is 17.8 Å². The first-order valence-corrected chi connectivity index (χ1v) is 11.2. The van der Waals surface area contributed by atoms with Crippen LogP contribution in [0.15, 0.2) is 81.9 Å². The van der Waals surface area contributed by atoms with E-state index >= 15 is 0 Å². The summed E-state index contributed by atoms with van der Waals surface area (Å²) in [5.41, 5.74) is 0.429. The van der Waals surface area contributed by atoms with Crippen molar-refractivity contribution in [2.24, 2.45) is 0 Å². The molecule has 176 valence electrons. The van der Waals surface area contributed by atoms with Gasteiger partial charge in [-0.05, 0) is 48.4 Å². The van der Waals surface area contributed by atoms with Crippen LogP contribution in [0.4, 0.5) is 15.8 Å². The van der Waals surface area contributed by atoms with Crippen molar-refractivity contribution in [3.63, 3.8) is 0 Å². The molecule has 35 heavy (non-hydrogen) atoms. The van der Waals surface area contributed by atoms with Crippen molar-refractivity contribution in [3.8, 4) is 6.07 Å². The van der Waals surface area contributed by atoms with Gasteiger partial charge < -0.3 is 9.73 Å². The quantitative estimate of drug-likeness (QED) is 0.228. The molecule has 2 heterocycles. The Morgan fingerprint density at radius 3 is 2.66 bits per heavy atom. The van der Waals surface area contributed by atoms with Gasteiger partial charge in [0.2, 0.25) is 5.91 Å². The average Bonchev–Trinajstić information content (AvgIpc) is 3.48. The highest BCUT2D eigenvalue weighted by molar-refractivity contribution is 8.05. The average molecular weight is 492 g/mol. The van der Waals surface area contributed by atoms with Crippen molar-refractivity contribution in [1.29, 1.82) is 5.26 Å². The lowest BCUT2D eigenvalue weighted by Gasteiger charge is -2.18. The number of nitriles is 1. The van der Waals surface area contributed by atoms with Crippen molar-refractivity contribution in [3.05, 3.63) is 105 Å². The van der Waals surface area contributed by atoms with Crippen LogP contribution >= 0.6 is 11.8 Å². The number of nitro benzene ring substituents is 1. The molecule has 1 aromatic heterocycles. The predicted molar refractivity (Wildman–Crippen MR) is 125 cm³/mol. The number of hydrogen-bond acceptors (Lipinski definition) is 7. The van der Waals surface area contributed by atoms with Crippen LogP contribution in [0.1, 0.15) is 11.3 Å². The van der Waals surface area contributed by atoms with Gasteiger partial charge in [0.05, 0.1) is 23.0 Å². The highest BCUT2D eigenvalue weighted by Gasteiger charge is 2.41. The number of nitrogens with zero attached hydrogens (tertiary/aromatic N) is 3. The number of halogens is 1. The SMILES string of the molecule is N#C/C(C(=O)NCc1ccco1)=C1/S[C@@H](Cc2cccc([N+](=O)[O-])c2)C(=O)N1c1ccc(F)cc1. The molecule has 0 aliphatic carbocycles. The van der Waals surface area contributed by atoms with Crippen LogP contribution in [-0.2, 0) is 22.6 Å². The van der Waals surface area contributed by atoms with Crippen LogP contribution in [0.25, 0.3) is 0 Å². The minimum atomic E-state index is -0.765. The topological polar surface area (TPSA) is 129 Å². The maximum absolute atomic E-state index is 13.5. The number of hydrogen-bond donors (Lipinski definition) is 1. The Labute approximate surface area is 203 Å². The second kappa shape index (κ2) is 10.2. The van der Waals surface area contributed by atoms with Gasteiger partial charge in [-0.15, -0.1) is 0 Å². The number of carbonyl (C=O) groups is 2. The van der Waals surface area contributed by atoms with E-state index in [1.54, 1.807) is 18.2 Å². The minimum absolute atomic E-state index is 0.0383. The maximum Gasteiger partial charge on any atom is 0.269 e. The smallest absolute Gasteiger partial charge is 0.269 e. The van der Waals surface area contributed by atoms with E-state index in [0.29, 0.717) is 11.3 Å². The summed E-state index contributed by atoms with van der Waals surface area (Å²) >= 11 is 1.00. The van der Waals surface area contributed by atoms with E-state index in [2.05, 4.69) is 5.32 Å². The third-order valence-electron chi connectivity index (χ3n) is 5.14. The molecule has 1 N–H and O–H groups in total. The Morgan fingerprint density at radius 2 is 2.00 bits per heavy atom. The molecule has 0 spiro atoms. The summed E-state index contributed by atoms with van der Waals surface area (Å²) < 4.78 is 18.7. The Bertz CT molecular complexity index is 1350. The Hall–Kier alpha value is -4.43. The van der Waals surface area contributed by atoms with Gasteiger partial charge in [-0.25, -0.2) is 4.39 Å². The van der Waals surface area contributed by atoms with Crippen LogP contribution in [0.3, 0.4) is 0 Å². The van der Waals surface area contributed by atoms with E-state index in [4.69, 9.17) is 4.42 Å². The molecule has 0 unspecified atom stereocenters. The van der Waals surface area contributed by atoms with Gasteiger partial charge in [-0.1, -0.05) is 23.9 Å². The lowest BCUT2D eigenvalue weighted by Crippen LogP contribution is -2.32. The molecule has 1 fully saturated rings. The molecule has 2 aromatic carbocycles. The van der Waals surface area contributed by atoms with Crippen LogP contribution in [0, 0.1) is 27.3 Å². The summed E-state index contributed by atoms with van der Waals surface area (Å²) in [5, 5.41) is 22.8. The van der Waals surface area contributed by atoms with Crippen LogP contribution in [0.2, 0.25) is 0 Å². The Balaban J connectivity index is 1.68. The van der Waals surface area contributed by atoms with Crippen LogP contribution < -0.4 is 10.2 Å². The number of amides is 2. The second-order valence-corrected chi connectivity index (χ2v) is 8.63. The van der Waals surface area contributed by atoms with Gasteiger partial charge in [-0.3, -0.25) is 24.6 Å². The van der Waals surface area contributed by atoms with E-state index in [1.165, 1.54) is 53.6 Å². The third-order valence-corrected chi connectivity index (χ3v) is 6.40. The number of non-ortho nitro benzene ring substituents is 1. The molecular weight excluding hydrogens is 475 g/mol. The molecule has 1 saturated heterocycles. The summed E-state index contributed by atoms with van der Waals surface area (Å²) in [6.45, 7) is 0.0383. The zero-order valence-electron chi connectivity index (χ0n) is 18.0. The van der Waals surface area contributed by atoms with Crippen molar-refractivity contribution in [2.45, 2.75) is 18.2 Å². The van der Waals surface area contributed by atoms with Crippen LogP contribution in [0.5, 0.6) is 0 Å². The maximum atomic E-state index is 13.5. The van der Waals surface area contributed by atoms with Crippen molar-refractivity contribution >= 4 is 35.0 Å². The summed E-state index contributed by atoms with van der Waals surface area (Å²) in [4.78, 5) is 38.1. The lowest BCUT2D eigenvalue weighted by atomic mass is 10.1. The Morgan fingerprint density at radius 1 is 1.23 bits per heavy atom. The molecular formula is C24H17FN4O5S. The van der Waals surface area contributed by atoms with E-state index in [0.717, 1.165) is 11.8 Å². The van der Waals surface area contributed by atoms with E-state index in [9.17, 15) is 29.4 Å². The number of nitrogens with one attached hydrogen (secondary N) is 1. The van der Waals surface area contributed by atoms with Gasteiger partial charge in [-0.2, -0.15) is 5.26 Å². The molecule has 0 radical (unpaired) electrons. The van der Waals surface area contributed by atoms with Gasteiger partial charge in [0.15, 0.2) is 0 Å². The number of anilines is 1. The van der Waals surface area contributed by atoms with E-state index in [-0.39, 0.29) is 34.9 Å². The monoisotopic (exact) mass is 492 g/mol. The molecule has 1 atom stereocenters. The zero-order chi connectivity index (χ0) is 24.9. The number of benzene rings is 2. The molecule has 9 nitrogen and oxygen atoms in total. The molecule has 1 aliphatic heterocycles. The summed E-state index contributed by atoms with van der Waals surface area (Å²) in [5.74, 6) is -1.17. The van der Waals surface area contributed by atoms with Crippen LogP contribution in [-0.4, -0.2) is 22.0 Å². The predicted octanol–water partition coefficient (Wildman–Crippen LogP) is 4.07. The molecule has 1 aliphatic rings. The highest BCUT2D eigenvalue weighted by atomic mass is 32.2. The van der Waals surface area contributed by atoms with Crippen molar-refractivity contribution in [1.82, 2.24) is 5.32 Å². The largest absolute Gasteiger partial charge is 0.467 e. The standard InChI is InChI=1S/C24H17FN4O5S/c25-16-6-8-17(9-7-16)28-23(31)21(12-15-3-1-4-18(11-15)29(32)33)35-24(28)20(13-26)22(30)27-14-19-5-2-10-34-19/h1-11,21H,12,14H2,(H,27,30)/b24-20-/t21-/m0/s1. The molecule has 3 aromatic rings. The second-order valence-electron chi connectivity index (χ2n) is 7.44. The lowest BCUT2D eigenvalue weighted by molar-refractivity contribution is -0.384. The number of rotatable bonds is 7. The molecule has 2 amide bonds. The number of carbonyl (C=O) groups excluding carboxylic acids is 2. The number of nitro groups is 1. The van der Waals surface area contributed by atoms with E-state index in [1.807, 2.05) is 6.07 Å². The van der Waals surface area contributed by atoms with Gasteiger partial charge in [0.1, 0.15) is 28.2 Å². The minimum Gasteiger partial charge on any atom is -0.467 e. The number of thioether (sulfide) groups is 1. The van der Waals surface area contributed by atoms with Gasteiger partial charge >= 0.3 is 0 Å². The number of furan rings is 1. The van der Waals surface area contributed by atoms with Gasteiger partial charge in [0.25, 0.3) is 11.6 Å². The summed E-state index contributed by atoms with van der Waals surface area (Å²) in [7, 11) is 0. The molecule has 0 bridgehead atoms. The first-order chi connectivity index (χ1) is 16.9. The van der Waals surface area contributed by atoms with Crippen molar-refractivity contribution < 1.29 is 23.3 Å². The molecule has 4 rings (SSSR count). The highest BCUT2D eigenvalue weighted by Crippen LogP contribution is 2.42. The summed E-state index contributed by atoms with van der Waals surface area (Å²) in [6.07, 6.45) is 1.57. The molecule has 11 heteroatoms. The fraction of sp³-hybridized carbons (Fsp3) is 0.125. The molecule has 0 saturated carbocycles. The first-order valence-electron chi connectivity index (χ1n) is 10.3. The van der Waals surface area contributed by atoms with Crippen molar-refractivity contribution in [2.75, 3.05) is 4.90 Å². The Kier molecular flexibility index (Phi) is 6.93.